The molecule has 1 aliphatic heterocycles. The maximum absolute atomic E-state index is 12.7. The predicted octanol–water partition coefficient (Wildman–Crippen LogP) is 2.03. The summed E-state index contributed by atoms with van der Waals surface area (Å²) in [6.45, 7) is 5.68. The summed E-state index contributed by atoms with van der Waals surface area (Å²) < 4.78 is 5.44. The van der Waals surface area contributed by atoms with Gasteiger partial charge in [0.2, 0.25) is 11.8 Å². The van der Waals surface area contributed by atoms with Crippen LogP contribution in [0.3, 0.4) is 0 Å². The minimum absolute atomic E-state index is 0.0734. The normalized spacial score (nSPS) is 15.0. The first kappa shape index (κ1) is 17.7. The third kappa shape index (κ3) is 4.93. The van der Waals surface area contributed by atoms with E-state index in [0.717, 1.165) is 12.3 Å². The average Bonchev–Trinajstić information content (AvgIpc) is 3.29. The van der Waals surface area contributed by atoms with Gasteiger partial charge in [-0.25, -0.2) is 0 Å². The van der Waals surface area contributed by atoms with E-state index in [2.05, 4.69) is 11.0 Å². The van der Waals surface area contributed by atoms with E-state index in [1.54, 1.807) is 29.4 Å². The van der Waals surface area contributed by atoms with Crippen LogP contribution in [0.2, 0.25) is 0 Å². The molecule has 0 aliphatic carbocycles. The summed E-state index contributed by atoms with van der Waals surface area (Å²) in [6, 6.07) is 7.89. The fourth-order valence-electron chi connectivity index (χ4n) is 2.98. The van der Waals surface area contributed by atoms with Gasteiger partial charge in [0.25, 0.3) is 0 Å². The van der Waals surface area contributed by atoms with Gasteiger partial charge in [-0.2, -0.15) is 0 Å². The lowest BCUT2D eigenvalue weighted by atomic mass is 10.3. The van der Waals surface area contributed by atoms with E-state index in [4.69, 9.17) is 4.42 Å². The molecule has 25 heavy (non-hydrogen) atoms. The summed E-state index contributed by atoms with van der Waals surface area (Å²) in [5.74, 6) is 1.03. The molecule has 0 N–H and O–H groups in total. The van der Waals surface area contributed by atoms with E-state index < -0.39 is 0 Å². The van der Waals surface area contributed by atoms with Crippen LogP contribution in [0.15, 0.2) is 40.3 Å². The fourth-order valence-corrected chi connectivity index (χ4v) is 3.72. The van der Waals surface area contributed by atoms with Gasteiger partial charge in [0.15, 0.2) is 0 Å². The molecule has 3 rings (SSSR count). The molecule has 7 heteroatoms. The van der Waals surface area contributed by atoms with Gasteiger partial charge in [-0.3, -0.25) is 14.5 Å². The summed E-state index contributed by atoms with van der Waals surface area (Å²) in [4.78, 5) is 31.1. The average molecular weight is 361 g/mol. The number of piperazine rings is 1. The lowest BCUT2D eigenvalue weighted by Crippen LogP contribution is -2.52. The van der Waals surface area contributed by atoms with Crippen molar-refractivity contribution in [1.29, 1.82) is 0 Å². The lowest BCUT2D eigenvalue weighted by Gasteiger charge is -2.35. The van der Waals surface area contributed by atoms with E-state index in [0.29, 0.717) is 39.3 Å². The maximum Gasteiger partial charge on any atom is 0.236 e. The molecule has 1 aliphatic rings. The van der Waals surface area contributed by atoms with Gasteiger partial charge < -0.3 is 14.2 Å². The Morgan fingerprint density at radius 2 is 1.88 bits per heavy atom. The lowest BCUT2D eigenvalue weighted by molar-refractivity contribution is -0.139. The molecule has 0 atom stereocenters. The molecular formula is C18H23N3O3S. The number of carbonyl (C=O) groups is 2. The Balaban J connectivity index is 1.59. The molecule has 1 fully saturated rings. The van der Waals surface area contributed by atoms with Crippen molar-refractivity contribution in [2.45, 2.75) is 20.0 Å². The van der Waals surface area contributed by atoms with E-state index in [1.165, 1.54) is 4.88 Å². The number of nitrogens with zero attached hydrogens (tertiary/aromatic N) is 3. The number of thiophene rings is 1. The zero-order chi connectivity index (χ0) is 17.6. The zero-order valence-corrected chi connectivity index (χ0v) is 15.2. The van der Waals surface area contributed by atoms with Crippen LogP contribution in [-0.4, -0.2) is 59.2 Å². The van der Waals surface area contributed by atoms with Gasteiger partial charge in [-0.05, 0) is 23.6 Å². The van der Waals surface area contributed by atoms with Gasteiger partial charge >= 0.3 is 0 Å². The van der Waals surface area contributed by atoms with Crippen molar-refractivity contribution in [2.75, 3.05) is 32.7 Å². The van der Waals surface area contributed by atoms with Crippen molar-refractivity contribution in [3.05, 3.63) is 46.5 Å². The van der Waals surface area contributed by atoms with Crippen LogP contribution in [0.1, 0.15) is 17.6 Å². The Morgan fingerprint density at radius 3 is 2.48 bits per heavy atom. The Morgan fingerprint density at radius 1 is 1.12 bits per heavy atom. The number of carbonyl (C=O) groups excluding carboxylic acids is 2. The molecule has 0 bridgehead atoms. The first-order chi connectivity index (χ1) is 12.1. The number of furan rings is 1. The molecule has 0 aromatic carbocycles. The Hall–Kier alpha value is -2.12. The summed E-state index contributed by atoms with van der Waals surface area (Å²) in [5.41, 5.74) is 0. The van der Waals surface area contributed by atoms with Crippen molar-refractivity contribution in [3.8, 4) is 0 Å². The van der Waals surface area contributed by atoms with Crippen LogP contribution in [0, 0.1) is 0 Å². The minimum atomic E-state index is 0.0734. The molecule has 134 valence electrons. The second-order valence-corrected chi connectivity index (χ2v) is 7.22. The molecule has 1 saturated heterocycles. The van der Waals surface area contributed by atoms with Gasteiger partial charge in [0.1, 0.15) is 5.76 Å². The van der Waals surface area contributed by atoms with Crippen molar-refractivity contribution in [3.63, 3.8) is 0 Å². The SMILES string of the molecule is CC(=O)N1CCN(C(=O)CN(Cc2ccco2)Cc2cccs2)CC1. The summed E-state index contributed by atoms with van der Waals surface area (Å²) in [5, 5.41) is 2.04. The third-order valence-electron chi connectivity index (χ3n) is 4.36. The van der Waals surface area contributed by atoms with Gasteiger partial charge in [-0.15, -0.1) is 11.3 Å². The van der Waals surface area contributed by atoms with Crippen molar-refractivity contribution in [1.82, 2.24) is 14.7 Å². The maximum atomic E-state index is 12.7. The van der Waals surface area contributed by atoms with Gasteiger partial charge in [-0.1, -0.05) is 6.07 Å². The first-order valence-electron chi connectivity index (χ1n) is 8.42. The number of hydrogen-bond donors (Lipinski definition) is 0. The first-order valence-corrected chi connectivity index (χ1v) is 9.30. The standard InChI is InChI=1S/C18H23N3O3S/c1-15(22)20-6-8-21(9-7-20)18(23)14-19(12-16-4-2-10-24-16)13-17-5-3-11-25-17/h2-5,10-11H,6-9,12-14H2,1H3. The molecule has 3 heterocycles. The van der Waals surface area contributed by atoms with Crippen LogP contribution in [0.5, 0.6) is 0 Å². The van der Waals surface area contributed by atoms with Crippen LogP contribution < -0.4 is 0 Å². The highest BCUT2D eigenvalue weighted by Gasteiger charge is 2.24. The molecule has 6 nitrogen and oxygen atoms in total. The Labute approximate surface area is 151 Å². The molecule has 0 unspecified atom stereocenters. The molecule has 2 aromatic heterocycles. The van der Waals surface area contributed by atoms with E-state index >= 15 is 0 Å². The number of rotatable bonds is 6. The molecule has 2 amide bonds. The van der Waals surface area contributed by atoms with Crippen LogP contribution in [0.25, 0.3) is 0 Å². The Kier molecular flexibility index (Phi) is 5.88. The Bertz CT molecular complexity index is 640. The predicted molar refractivity (Wildman–Crippen MR) is 96.0 cm³/mol. The molecule has 0 spiro atoms. The van der Waals surface area contributed by atoms with Crippen molar-refractivity contribution >= 4 is 23.2 Å². The second kappa shape index (κ2) is 8.31. The molecule has 0 radical (unpaired) electrons. The van der Waals surface area contributed by atoms with Crippen LogP contribution >= 0.6 is 11.3 Å². The smallest absolute Gasteiger partial charge is 0.236 e. The zero-order valence-electron chi connectivity index (χ0n) is 14.4. The van der Waals surface area contributed by atoms with Crippen molar-refractivity contribution in [2.24, 2.45) is 0 Å². The molecule has 2 aromatic rings. The summed E-state index contributed by atoms with van der Waals surface area (Å²) in [7, 11) is 0. The topological polar surface area (TPSA) is 57.0 Å². The van der Waals surface area contributed by atoms with Crippen molar-refractivity contribution < 1.29 is 14.0 Å². The monoisotopic (exact) mass is 361 g/mol. The van der Waals surface area contributed by atoms with E-state index in [9.17, 15) is 9.59 Å². The fraction of sp³-hybridized carbons (Fsp3) is 0.444. The number of amides is 2. The minimum Gasteiger partial charge on any atom is -0.468 e. The molecule has 0 saturated carbocycles. The highest BCUT2D eigenvalue weighted by Crippen LogP contribution is 2.15. The van der Waals surface area contributed by atoms with Gasteiger partial charge in [0, 0.05) is 44.5 Å². The quantitative estimate of drug-likeness (QED) is 0.790. The van der Waals surface area contributed by atoms with Gasteiger partial charge in [0.05, 0.1) is 19.4 Å². The van der Waals surface area contributed by atoms with E-state index in [-0.39, 0.29) is 11.8 Å². The summed E-state index contributed by atoms with van der Waals surface area (Å²) >= 11 is 1.69. The third-order valence-corrected chi connectivity index (χ3v) is 5.22. The molecular weight excluding hydrogens is 338 g/mol. The highest BCUT2D eigenvalue weighted by atomic mass is 32.1. The van der Waals surface area contributed by atoms with Crippen LogP contribution in [0.4, 0.5) is 0 Å². The largest absolute Gasteiger partial charge is 0.468 e. The highest BCUT2D eigenvalue weighted by molar-refractivity contribution is 7.09. The van der Waals surface area contributed by atoms with E-state index in [1.807, 2.05) is 28.5 Å². The number of hydrogen-bond acceptors (Lipinski definition) is 5. The summed E-state index contributed by atoms with van der Waals surface area (Å²) in [6.07, 6.45) is 1.65. The van der Waals surface area contributed by atoms with Crippen LogP contribution in [-0.2, 0) is 22.7 Å². The second-order valence-electron chi connectivity index (χ2n) is 6.19.